The summed E-state index contributed by atoms with van der Waals surface area (Å²) in [6.07, 6.45) is 1.04. The predicted molar refractivity (Wildman–Crippen MR) is 78.8 cm³/mol. The molecule has 1 rings (SSSR count). The first-order valence-electron chi connectivity index (χ1n) is 6.68. The maximum absolute atomic E-state index is 12.0. The van der Waals surface area contributed by atoms with Gasteiger partial charge in [0.2, 0.25) is 5.91 Å². The number of carboxylic acids is 1. The van der Waals surface area contributed by atoms with Crippen molar-refractivity contribution in [1.82, 2.24) is 4.90 Å². The van der Waals surface area contributed by atoms with E-state index in [2.05, 4.69) is 6.58 Å². The number of aromatic carboxylic acids is 1. The van der Waals surface area contributed by atoms with Crippen molar-refractivity contribution < 1.29 is 14.7 Å². The number of carboxylic acid groups (broad SMARTS) is 1. The molecule has 1 aromatic carbocycles. The van der Waals surface area contributed by atoms with Crippen molar-refractivity contribution >= 4 is 11.9 Å². The van der Waals surface area contributed by atoms with Crippen molar-refractivity contribution in [2.75, 3.05) is 13.1 Å². The van der Waals surface area contributed by atoms with E-state index >= 15 is 0 Å². The van der Waals surface area contributed by atoms with E-state index in [1.807, 2.05) is 13.8 Å². The van der Waals surface area contributed by atoms with Crippen molar-refractivity contribution in [3.05, 3.63) is 47.5 Å². The number of rotatable bonds is 7. The van der Waals surface area contributed by atoms with Crippen LogP contribution < -0.4 is 0 Å². The van der Waals surface area contributed by atoms with Gasteiger partial charge in [0.1, 0.15) is 0 Å². The average molecular weight is 275 g/mol. The monoisotopic (exact) mass is 275 g/mol. The zero-order valence-corrected chi connectivity index (χ0v) is 12.1. The third-order valence-corrected chi connectivity index (χ3v) is 3.02. The third-order valence-electron chi connectivity index (χ3n) is 3.02. The summed E-state index contributed by atoms with van der Waals surface area (Å²) in [5.74, 6) is -0.843. The Bertz CT molecular complexity index is 491. The van der Waals surface area contributed by atoms with Crippen LogP contribution in [0.5, 0.6) is 0 Å². The van der Waals surface area contributed by atoms with Gasteiger partial charge in [0.25, 0.3) is 0 Å². The molecule has 0 unspecified atom stereocenters. The molecular formula is C16H21NO3. The van der Waals surface area contributed by atoms with Gasteiger partial charge in [-0.2, -0.15) is 0 Å². The highest BCUT2D eigenvalue weighted by Gasteiger charge is 2.11. The number of hydrogen-bond donors (Lipinski definition) is 1. The summed E-state index contributed by atoms with van der Waals surface area (Å²) in [6.45, 7) is 8.93. The van der Waals surface area contributed by atoms with Gasteiger partial charge < -0.3 is 10.0 Å². The van der Waals surface area contributed by atoms with Crippen molar-refractivity contribution in [3.8, 4) is 0 Å². The summed E-state index contributed by atoms with van der Waals surface area (Å²) >= 11 is 0. The minimum absolute atomic E-state index is 0.0952. The second-order valence-electron chi connectivity index (χ2n) is 4.87. The molecule has 0 aromatic heterocycles. The SMILES string of the molecule is C=C(C)CN(CC)C(=O)CCc1ccc(C(=O)O)cc1. The minimum atomic E-state index is -0.939. The fraction of sp³-hybridized carbons (Fsp3) is 0.375. The van der Waals surface area contributed by atoms with Crippen molar-refractivity contribution in [2.24, 2.45) is 0 Å². The van der Waals surface area contributed by atoms with Gasteiger partial charge in [-0.15, -0.1) is 0 Å². The minimum Gasteiger partial charge on any atom is -0.478 e. The van der Waals surface area contributed by atoms with E-state index in [0.29, 0.717) is 25.9 Å². The molecule has 1 aromatic rings. The van der Waals surface area contributed by atoms with E-state index in [-0.39, 0.29) is 11.5 Å². The molecule has 20 heavy (non-hydrogen) atoms. The topological polar surface area (TPSA) is 57.6 Å². The molecule has 1 N–H and O–H groups in total. The quantitative estimate of drug-likeness (QED) is 0.778. The van der Waals surface area contributed by atoms with Gasteiger partial charge in [-0.3, -0.25) is 4.79 Å². The third kappa shape index (κ3) is 4.88. The Balaban J connectivity index is 2.55. The van der Waals surface area contributed by atoms with Gasteiger partial charge in [-0.1, -0.05) is 24.3 Å². The van der Waals surface area contributed by atoms with E-state index in [1.54, 1.807) is 29.2 Å². The lowest BCUT2D eigenvalue weighted by atomic mass is 10.1. The first-order valence-corrected chi connectivity index (χ1v) is 6.68. The molecule has 0 saturated heterocycles. The van der Waals surface area contributed by atoms with Crippen LogP contribution in [0.15, 0.2) is 36.4 Å². The molecule has 0 heterocycles. The van der Waals surface area contributed by atoms with Crippen molar-refractivity contribution in [2.45, 2.75) is 26.7 Å². The summed E-state index contributed by atoms with van der Waals surface area (Å²) < 4.78 is 0. The first-order chi connectivity index (χ1) is 9.43. The highest BCUT2D eigenvalue weighted by Crippen LogP contribution is 2.09. The molecule has 0 radical (unpaired) electrons. The fourth-order valence-electron chi connectivity index (χ4n) is 1.93. The van der Waals surface area contributed by atoms with Gasteiger partial charge >= 0.3 is 5.97 Å². The zero-order chi connectivity index (χ0) is 15.1. The molecule has 4 heteroatoms. The Morgan fingerprint density at radius 1 is 1.25 bits per heavy atom. The van der Waals surface area contributed by atoms with Crippen LogP contribution in [-0.4, -0.2) is 35.0 Å². The normalized spacial score (nSPS) is 10.1. The highest BCUT2D eigenvalue weighted by molar-refractivity contribution is 5.87. The fourth-order valence-corrected chi connectivity index (χ4v) is 1.93. The molecular weight excluding hydrogens is 254 g/mol. The molecule has 0 fully saturated rings. The zero-order valence-electron chi connectivity index (χ0n) is 12.1. The Kier molecular flexibility index (Phi) is 5.97. The van der Waals surface area contributed by atoms with Crippen molar-refractivity contribution in [3.63, 3.8) is 0 Å². The summed E-state index contributed by atoms with van der Waals surface area (Å²) in [7, 11) is 0. The van der Waals surface area contributed by atoms with E-state index < -0.39 is 5.97 Å². The molecule has 0 aliphatic rings. The first kappa shape index (κ1) is 16.0. The second-order valence-corrected chi connectivity index (χ2v) is 4.87. The predicted octanol–water partition coefficient (Wildman–Crippen LogP) is 2.74. The van der Waals surface area contributed by atoms with E-state index in [0.717, 1.165) is 11.1 Å². The number of carbonyl (C=O) groups excluding carboxylic acids is 1. The summed E-state index contributed by atoms with van der Waals surface area (Å²) in [5.41, 5.74) is 2.19. The summed E-state index contributed by atoms with van der Waals surface area (Å²) in [6, 6.07) is 6.64. The molecule has 0 spiro atoms. The maximum Gasteiger partial charge on any atom is 0.335 e. The Morgan fingerprint density at radius 3 is 2.30 bits per heavy atom. The van der Waals surface area contributed by atoms with E-state index in [1.165, 1.54) is 0 Å². The Labute approximate surface area is 119 Å². The van der Waals surface area contributed by atoms with Gasteiger partial charge in [0, 0.05) is 19.5 Å². The lowest BCUT2D eigenvalue weighted by Crippen LogP contribution is -2.32. The number of likely N-dealkylation sites (N-methyl/N-ethyl adjacent to an activating group) is 1. The van der Waals surface area contributed by atoms with Gasteiger partial charge in [-0.25, -0.2) is 4.79 Å². The van der Waals surface area contributed by atoms with Crippen LogP contribution in [0.4, 0.5) is 0 Å². The highest BCUT2D eigenvalue weighted by atomic mass is 16.4. The maximum atomic E-state index is 12.0. The van der Waals surface area contributed by atoms with E-state index in [4.69, 9.17) is 5.11 Å². The van der Waals surface area contributed by atoms with Crippen LogP contribution in [0.3, 0.4) is 0 Å². The molecule has 0 aliphatic heterocycles. The van der Waals surface area contributed by atoms with Gasteiger partial charge in [0.15, 0.2) is 0 Å². The number of amides is 1. The Hall–Kier alpha value is -2.10. The van der Waals surface area contributed by atoms with Crippen LogP contribution in [-0.2, 0) is 11.2 Å². The lowest BCUT2D eigenvalue weighted by molar-refractivity contribution is -0.130. The molecule has 0 aliphatic carbocycles. The van der Waals surface area contributed by atoms with Crippen molar-refractivity contribution in [1.29, 1.82) is 0 Å². The van der Waals surface area contributed by atoms with E-state index in [9.17, 15) is 9.59 Å². The molecule has 108 valence electrons. The van der Waals surface area contributed by atoms with Crippen LogP contribution in [0.25, 0.3) is 0 Å². The smallest absolute Gasteiger partial charge is 0.335 e. The number of carbonyl (C=O) groups is 2. The van der Waals surface area contributed by atoms with Crippen LogP contribution >= 0.6 is 0 Å². The summed E-state index contributed by atoms with van der Waals surface area (Å²) in [4.78, 5) is 24.6. The van der Waals surface area contributed by atoms with Crippen LogP contribution in [0.1, 0.15) is 36.2 Å². The largest absolute Gasteiger partial charge is 0.478 e. The van der Waals surface area contributed by atoms with Crippen LogP contribution in [0, 0.1) is 0 Å². The lowest BCUT2D eigenvalue weighted by Gasteiger charge is -2.21. The molecule has 0 atom stereocenters. The summed E-state index contributed by atoms with van der Waals surface area (Å²) in [5, 5.41) is 8.81. The average Bonchev–Trinajstić information content (AvgIpc) is 2.42. The number of benzene rings is 1. The van der Waals surface area contributed by atoms with Gasteiger partial charge in [0.05, 0.1) is 5.56 Å². The standard InChI is InChI=1S/C16H21NO3/c1-4-17(11-12(2)3)15(18)10-7-13-5-8-14(9-6-13)16(19)20/h5-6,8-9H,2,4,7,10-11H2,1,3H3,(H,19,20). The Morgan fingerprint density at radius 2 is 1.85 bits per heavy atom. The molecule has 4 nitrogen and oxygen atoms in total. The molecule has 0 bridgehead atoms. The number of hydrogen-bond acceptors (Lipinski definition) is 2. The molecule has 1 amide bonds. The second kappa shape index (κ2) is 7.48. The van der Waals surface area contributed by atoms with Gasteiger partial charge in [-0.05, 0) is 38.0 Å². The number of nitrogens with zero attached hydrogens (tertiary/aromatic N) is 1. The number of aryl methyl sites for hydroxylation is 1. The molecule has 0 saturated carbocycles. The van der Waals surface area contributed by atoms with Crippen LogP contribution in [0.2, 0.25) is 0 Å².